The molecule has 3 aromatic rings. The van der Waals surface area contributed by atoms with Crippen LogP contribution in [-0.4, -0.2) is 45.9 Å². The van der Waals surface area contributed by atoms with Gasteiger partial charge in [-0.25, -0.2) is 9.97 Å². The first-order valence-electron chi connectivity index (χ1n) is 8.88. The quantitative estimate of drug-likeness (QED) is 0.767. The van der Waals surface area contributed by atoms with Crippen LogP contribution in [0.1, 0.15) is 11.4 Å². The Morgan fingerprint density at radius 2 is 1.62 bits per heavy atom. The fourth-order valence-corrected chi connectivity index (χ4v) is 3.63. The Bertz CT molecular complexity index is 906. The Balaban J connectivity index is 1.36. The van der Waals surface area contributed by atoms with Crippen molar-refractivity contribution in [1.82, 2.24) is 19.8 Å². The fourth-order valence-electron chi connectivity index (χ4n) is 3.42. The van der Waals surface area contributed by atoms with Crippen molar-refractivity contribution in [2.75, 3.05) is 31.9 Å². The summed E-state index contributed by atoms with van der Waals surface area (Å²) in [6.45, 7) is 5.71. The Hall–Kier alpha value is -2.21. The number of nitrogens with two attached hydrogens (primary N) is 1. The lowest BCUT2D eigenvalue weighted by atomic mass is 10.2. The maximum atomic E-state index is 6.09. The third kappa shape index (κ3) is 3.96. The smallest absolute Gasteiger partial charge is 0.145 e. The maximum absolute atomic E-state index is 6.09. The molecule has 134 valence electrons. The average Bonchev–Trinajstić information content (AvgIpc) is 2.64. The summed E-state index contributed by atoms with van der Waals surface area (Å²) in [6, 6.07) is 16.0. The van der Waals surface area contributed by atoms with E-state index in [0.29, 0.717) is 5.82 Å². The van der Waals surface area contributed by atoms with Crippen LogP contribution in [0.15, 0.2) is 48.5 Å². The van der Waals surface area contributed by atoms with E-state index in [2.05, 4.69) is 25.8 Å². The highest BCUT2D eigenvalue weighted by atomic mass is 35.5. The number of anilines is 1. The molecule has 1 aliphatic rings. The summed E-state index contributed by atoms with van der Waals surface area (Å²) in [5.41, 5.74) is 8.27. The summed E-state index contributed by atoms with van der Waals surface area (Å²) in [4.78, 5) is 14.0. The number of nitrogens with zero attached hydrogens (tertiary/aromatic N) is 4. The van der Waals surface area contributed by atoms with Crippen molar-refractivity contribution in [2.24, 2.45) is 0 Å². The lowest BCUT2D eigenvalue weighted by Gasteiger charge is -2.34. The number of nitrogen functional groups attached to an aromatic ring is 1. The van der Waals surface area contributed by atoms with Crippen LogP contribution in [0.25, 0.3) is 10.9 Å². The maximum Gasteiger partial charge on any atom is 0.145 e. The third-order valence-electron chi connectivity index (χ3n) is 4.80. The van der Waals surface area contributed by atoms with Gasteiger partial charge in [-0.2, -0.15) is 0 Å². The molecule has 0 radical (unpaired) electrons. The first-order chi connectivity index (χ1) is 12.7. The molecule has 1 aliphatic heterocycles. The first-order valence-corrected chi connectivity index (χ1v) is 9.25. The van der Waals surface area contributed by atoms with Gasteiger partial charge in [0, 0.05) is 43.1 Å². The van der Waals surface area contributed by atoms with Crippen LogP contribution in [0.4, 0.5) is 5.82 Å². The largest absolute Gasteiger partial charge is 0.383 e. The molecule has 2 heterocycles. The van der Waals surface area contributed by atoms with E-state index >= 15 is 0 Å². The zero-order chi connectivity index (χ0) is 17.9. The number of para-hydroxylation sites is 1. The van der Waals surface area contributed by atoms with Crippen LogP contribution in [0.3, 0.4) is 0 Å². The van der Waals surface area contributed by atoms with Crippen molar-refractivity contribution in [2.45, 2.75) is 13.1 Å². The molecule has 4 rings (SSSR count). The minimum Gasteiger partial charge on any atom is -0.383 e. The highest BCUT2D eigenvalue weighted by Crippen LogP contribution is 2.18. The number of hydrogen-bond acceptors (Lipinski definition) is 5. The van der Waals surface area contributed by atoms with Crippen LogP contribution < -0.4 is 5.73 Å². The summed E-state index contributed by atoms with van der Waals surface area (Å²) in [6.07, 6.45) is 0. The number of halogens is 1. The Labute approximate surface area is 158 Å². The minimum absolute atomic E-state index is 0.560. The van der Waals surface area contributed by atoms with Crippen molar-refractivity contribution in [3.63, 3.8) is 0 Å². The van der Waals surface area contributed by atoms with E-state index in [1.165, 1.54) is 5.56 Å². The van der Waals surface area contributed by atoms with Crippen LogP contribution in [0, 0.1) is 0 Å². The molecule has 26 heavy (non-hydrogen) atoms. The van der Waals surface area contributed by atoms with Crippen LogP contribution in [-0.2, 0) is 13.1 Å². The van der Waals surface area contributed by atoms with Gasteiger partial charge in [0.25, 0.3) is 0 Å². The summed E-state index contributed by atoms with van der Waals surface area (Å²) in [5, 5.41) is 1.72. The topological polar surface area (TPSA) is 58.3 Å². The average molecular weight is 368 g/mol. The molecule has 0 saturated carbocycles. The van der Waals surface area contributed by atoms with Gasteiger partial charge in [-0.15, -0.1) is 0 Å². The molecule has 0 bridgehead atoms. The lowest BCUT2D eigenvalue weighted by molar-refractivity contribution is 0.120. The van der Waals surface area contributed by atoms with Gasteiger partial charge >= 0.3 is 0 Å². The molecule has 1 saturated heterocycles. The van der Waals surface area contributed by atoms with Gasteiger partial charge in [-0.1, -0.05) is 35.9 Å². The Kier molecular flexibility index (Phi) is 5.02. The van der Waals surface area contributed by atoms with E-state index in [0.717, 1.165) is 61.0 Å². The lowest BCUT2D eigenvalue weighted by Crippen LogP contribution is -2.45. The van der Waals surface area contributed by atoms with Crippen molar-refractivity contribution >= 4 is 28.3 Å². The van der Waals surface area contributed by atoms with Crippen molar-refractivity contribution < 1.29 is 0 Å². The highest BCUT2D eigenvalue weighted by Gasteiger charge is 2.18. The molecular formula is C20H22ClN5. The summed E-state index contributed by atoms with van der Waals surface area (Å²) < 4.78 is 0. The summed E-state index contributed by atoms with van der Waals surface area (Å²) in [7, 11) is 0. The van der Waals surface area contributed by atoms with E-state index in [9.17, 15) is 0 Å². The van der Waals surface area contributed by atoms with E-state index in [1.807, 2.05) is 42.5 Å². The minimum atomic E-state index is 0.560. The predicted molar refractivity (Wildman–Crippen MR) is 106 cm³/mol. The van der Waals surface area contributed by atoms with Crippen molar-refractivity contribution in [1.29, 1.82) is 0 Å². The van der Waals surface area contributed by atoms with Crippen LogP contribution in [0.5, 0.6) is 0 Å². The van der Waals surface area contributed by atoms with Gasteiger partial charge in [0.2, 0.25) is 0 Å². The second-order valence-electron chi connectivity index (χ2n) is 6.72. The molecule has 0 spiro atoms. The molecule has 1 fully saturated rings. The fraction of sp³-hybridized carbons (Fsp3) is 0.300. The number of piperazine rings is 1. The molecular weight excluding hydrogens is 346 g/mol. The molecule has 1 aromatic heterocycles. The Morgan fingerprint density at radius 3 is 2.38 bits per heavy atom. The summed E-state index contributed by atoms with van der Waals surface area (Å²) >= 11 is 6.08. The molecule has 2 aromatic carbocycles. The molecule has 2 N–H and O–H groups in total. The van der Waals surface area contributed by atoms with Gasteiger partial charge in [0.15, 0.2) is 0 Å². The standard InChI is InChI=1S/C20H22ClN5/c21-16-5-3-4-15(12-16)13-25-8-10-26(11-9-25)14-19-23-18-7-2-1-6-17(18)20(22)24-19/h1-7,12H,8-11,13-14H2,(H2,22,23,24). The van der Waals surface area contributed by atoms with Gasteiger partial charge in [0.1, 0.15) is 11.6 Å². The van der Waals surface area contributed by atoms with Gasteiger partial charge in [-0.05, 0) is 29.8 Å². The van der Waals surface area contributed by atoms with Gasteiger partial charge in [0.05, 0.1) is 12.1 Å². The number of rotatable bonds is 4. The van der Waals surface area contributed by atoms with Crippen molar-refractivity contribution in [3.8, 4) is 0 Å². The van der Waals surface area contributed by atoms with E-state index in [1.54, 1.807) is 0 Å². The molecule has 5 nitrogen and oxygen atoms in total. The number of aromatic nitrogens is 2. The molecule has 0 unspecified atom stereocenters. The van der Waals surface area contributed by atoms with E-state index in [4.69, 9.17) is 17.3 Å². The number of hydrogen-bond donors (Lipinski definition) is 1. The molecule has 0 amide bonds. The summed E-state index contributed by atoms with van der Waals surface area (Å²) in [5.74, 6) is 1.36. The second kappa shape index (κ2) is 7.58. The Morgan fingerprint density at radius 1 is 0.885 bits per heavy atom. The number of benzene rings is 2. The molecule has 0 atom stereocenters. The second-order valence-corrected chi connectivity index (χ2v) is 7.16. The van der Waals surface area contributed by atoms with Crippen molar-refractivity contribution in [3.05, 3.63) is 64.9 Å². The SMILES string of the molecule is Nc1nc(CN2CCN(Cc3cccc(Cl)c3)CC2)nc2ccccc12. The highest BCUT2D eigenvalue weighted by molar-refractivity contribution is 6.30. The van der Waals surface area contributed by atoms with Gasteiger partial charge < -0.3 is 5.73 Å². The number of fused-ring (bicyclic) bond motifs is 1. The first kappa shape index (κ1) is 17.2. The molecule has 6 heteroatoms. The van der Waals surface area contributed by atoms with Gasteiger partial charge in [-0.3, -0.25) is 9.80 Å². The van der Waals surface area contributed by atoms with E-state index < -0.39 is 0 Å². The monoisotopic (exact) mass is 367 g/mol. The molecule has 0 aliphatic carbocycles. The van der Waals surface area contributed by atoms with E-state index in [-0.39, 0.29) is 0 Å². The van der Waals surface area contributed by atoms with Crippen LogP contribution in [0.2, 0.25) is 5.02 Å². The normalized spacial score (nSPS) is 16.2. The zero-order valence-corrected chi connectivity index (χ0v) is 15.4. The zero-order valence-electron chi connectivity index (χ0n) is 14.6. The predicted octanol–water partition coefficient (Wildman–Crippen LogP) is 3.18. The van der Waals surface area contributed by atoms with Crippen LogP contribution >= 0.6 is 11.6 Å². The third-order valence-corrected chi connectivity index (χ3v) is 5.04.